The van der Waals surface area contributed by atoms with Gasteiger partial charge in [-0.1, -0.05) is 66.7 Å². The molecule has 1 aromatic heterocycles. The fraction of sp³-hybridized carbons (Fsp3) is 0. The van der Waals surface area contributed by atoms with Crippen molar-refractivity contribution in [3.05, 3.63) is 103 Å². The number of nitrogens with two attached hydrogens (primary N) is 1. The van der Waals surface area contributed by atoms with Crippen LogP contribution in [0.5, 0.6) is 0 Å². The lowest BCUT2D eigenvalue weighted by atomic mass is 9.96. The first-order valence-corrected chi connectivity index (χ1v) is 9.74. The number of para-hydroxylation sites is 1. The number of amides is 1. The first-order chi connectivity index (χ1) is 14.7. The number of pyridine rings is 1. The van der Waals surface area contributed by atoms with E-state index in [9.17, 15) is 4.79 Å². The van der Waals surface area contributed by atoms with Crippen molar-refractivity contribution in [1.29, 1.82) is 0 Å². The third-order valence-corrected chi connectivity index (χ3v) is 5.21. The number of rotatable bonds is 3. The highest BCUT2D eigenvalue weighted by molar-refractivity contribution is 6.12. The van der Waals surface area contributed by atoms with Crippen LogP contribution in [-0.4, -0.2) is 10.9 Å². The normalized spacial score (nSPS) is 10.9. The van der Waals surface area contributed by atoms with Crippen LogP contribution in [0.15, 0.2) is 97.1 Å². The quantitative estimate of drug-likeness (QED) is 0.378. The number of nitrogen functional groups attached to an aromatic ring is 1. The molecule has 3 N–H and O–H groups in total. The molecule has 30 heavy (non-hydrogen) atoms. The Balaban J connectivity index is 1.58. The van der Waals surface area contributed by atoms with Crippen LogP contribution in [0.3, 0.4) is 0 Å². The average molecular weight is 389 g/mol. The second-order valence-corrected chi connectivity index (χ2v) is 7.17. The van der Waals surface area contributed by atoms with Gasteiger partial charge in [-0.05, 0) is 46.8 Å². The molecule has 4 aromatic carbocycles. The van der Waals surface area contributed by atoms with Gasteiger partial charge >= 0.3 is 0 Å². The van der Waals surface area contributed by atoms with E-state index in [0.29, 0.717) is 5.69 Å². The molecule has 0 radical (unpaired) electrons. The van der Waals surface area contributed by atoms with Crippen LogP contribution >= 0.6 is 0 Å². The molecule has 0 fully saturated rings. The molecule has 0 spiro atoms. The number of nitrogens with one attached hydrogen (secondary N) is 1. The summed E-state index contributed by atoms with van der Waals surface area (Å²) in [5, 5.41) is 6.10. The van der Waals surface area contributed by atoms with Crippen LogP contribution in [0.2, 0.25) is 0 Å². The van der Waals surface area contributed by atoms with E-state index in [2.05, 4.69) is 16.4 Å². The van der Waals surface area contributed by atoms with E-state index in [1.165, 1.54) is 0 Å². The lowest BCUT2D eigenvalue weighted by molar-refractivity contribution is 0.102. The minimum atomic E-state index is -0.236. The molecule has 0 atom stereocenters. The summed E-state index contributed by atoms with van der Waals surface area (Å²) in [6.45, 7) is 0. The van der Waals surface area contributed by atoms with Crippen LogP contribution in [0, 0.1) is 0 Å². The minimum absolute atomic E-state index is 0.236. The summed E-state index contributed by atoms with van der Waals surface area (Å²) in [6.07, 6.45) is 0. The molecular weight excluding hydrogens is 370 g/mol. The highest BCUT2D eigenvalue weighted by Crippen LogP contribution is 2.34. The first-order valence-electron chi connectivity index (χ1n) is 9.74. The zero-order valence-electron chi connectivity index (χ0n) is 16.2. The second kappa shape index (κ2) is 7.33. The Morgan fingerprint density at radius 1 is 0.733 bits per heavy atom. The van der Waals surface area contributed by atoms with E-state index < -0.39 is 0 Å². The van der Waals surface area contributed by atoms with Crippen LogP contribution in [0.25, 0.3) is 32.8 Å². The smallest absolute Gasteiger partial charge is 0.274 e. The topological polar surface area (TPSA) is 68.0 Å². The van der Waals surface area contributed by atoms with Crippen molar-refractivity contribution in [3.8, 4) is 11.1 Å². The predicted molar refractivity (Wildman–Crippen MR) is 123 cm³/mol. The van der Waals surface area contributed by atoms with Crippen LogP contribution in [-0.2, 0) is 0 Å². The summed E-state index contributed by atoms with van der Waals surface area (Å²) < 4.78 is 0. The monoisotopic (exact) mass is 389 g/mol. The molecule has 0 saturated heterocycles. The number of carbonyl (C=O) groups is 1. The van der Waals surface area contributed by atoms with E-state index in [1.54, 1.807) is 6.07 Å². The number of aromatic nitrogens is 1. The van der Waals surface area contributed by atoms with Gasteiger partial charge < -0.3 is 11.1 Å². The van der Waals surface area contributed by atoms with Gasteiger partial charge in [0.1, 0.15) is 5.69 Å². The van der Waals surface area contributed by atoms with Gasteiger partial charge in [0.25, 0.3) is 5.91 Å². The van der Waals surface area contributed by atoms with Crippen molar-refractivity contribution in [2.45, 2.75) is 0 Å². The maximum atomic E-state index is 13.0. The first kappa shape index (κ1) is 17.9. The Bertz CT molecular complexity index is 1390. The Morgan fingerprint density at radius 2 is 1.47 bits per heavy atom. The van der Waals surface area contributed by atoms with Gasteiger partial charge in [-0.25, -0.2) is 4.98 Å². The standard InChI is InChI=1S/C26H19N3O/c27-20-14-11-17(12-15-20)21-8-3-6-19-7-4-10-23(25(19)21)29-26(30)24-16-13-18-5-1-2-9-22(18)28-24/h1-16H,27H2,(H,29,30). The summed E-state index contributed by atoms with van der Waals surface area (Å²) in [5.41, 5.74) is 10.6. The zero-order chi connectivity index (χ0) is 20.5. The van der Waals surface area contributed by atoms with Gasteiger partial charge in [-0.3, -0.25) is 4.79 Å². The number of hydrogen-bond donors (Lipinski definition) is 2. The molecule has 5 aromatic rings. The third kappa shape index (κ3) is 3.25. The Morgan fingerprint density at radius 3 is 2.30 bits per heavy atom. The van der Waals surface area contributed by atoms with Gasteiger partial charge in [0.05, 0.1) is 5.52 Å². The van der Waals surface area contributed by atoms with Crippen molar-refractivity contribution in [2.75, 3.05) is 11.1 Å². The van der Waals surface area contributed by atoms with E-state index in [4.69, 9.17) is 5.73 Å². The molecule has 0 aliphatic heterocycles. The Kier molecular flexibility index (Phi) is 4.37. The van der Waals surface area contributed by atoms with Gasteiger partial charge in [-0.2, -0.15) is 0 Å². The molecule has 0 saturated carbocycles. The summed E-state index contributed by atoms with van der Waals surface area (Å²) in [6, 6.07) is 31.2. The molecule has 1 heterocycles. The van der Waals surface area contributed by atoms with Crippen molar-refractivity contribution < 1.29 is 4.79 Å². The lowest BCUT2D eigenvalue weighted by Gasteiger charge is -2.13. The average Bonchev–Trinajstić information content (AvgIpc) is 2.79. The molecule has 4 heteroatoms. The largest absolute Gasteiger partial charge is 0.399 e. The number of hydrogen-bond acceptors (Lipinski definition) is 3. The van der Waals surface area contributed by atoms with Crippen LogP contribution < -0.4 is 11.1 Å². The summed E-state index contributed by atoms with van der Waals surface area (Å²) in [5.74, 6) is -0.236. The molecule has 0 aliphatic rings. The third-order valence-electron chi connectivity index (χ3n) is 5.21. The van der Waals surface area contributed by atoms with E-state index in [1.807, 2.05) is 84.9 Å². The number of carbonyl (C=O) groups excluding carboxylic acids is 1. The highest BCUT2D eigenvalue weighted by atomic mass is 16.1. The van der Waals surface area contributed by atoms with Crippen molar-refractivity contribution in [3.63, 3.8) is 0 Å². The Labute approximate surface area is 174 Å². The molecule has 0 bridgehead atoms. The Hall–Kier alpha value is -4.18. The summed E-state index contributed by atoms with van der Waals surface area (Å²) in [4.78, 5) is 17.5. The van der Waals surface area contributed by atoms with Gasteiger partial charge in [0, 0.05) is 22.1 Å². The minimum Gasteiger partial charge on any atom is -0.399 e. The second-order valence-electron chi connectivity index (χ2n) is 7.17. The van der Waals surface area contributed by atoms with Crippen LogP contribution in [0.1, 0.15) is 10.5 Å². The molecule has 0 unspecified atom stereocenters. The van der Waals surface area contributed by atoms with Crippen LogP contribution in [0.4, 0.5) is 11.4 Å². The molecule has 4 nitrogen and oxygen atoms in total. The lowest BCUT2D eigenvalue weighted by Crippen LogP contribution is -2.14. The van der Waals surface area contributed by atoms with E-state index in [0.717, 1.165) is 44.2 Å². The van der Waals surface area contributed by atoms with Crippen molar-refractivity contribution in [2.24, 2.45) is 0 Å². The maximum Gasteiger partial charge on any atom is 0.274 e. The van der Waals surface area contributed by atoms with Crippen molar-refractivity contribution >= 4 is 39.0 Å². The van der Waals surface area contributed by atoms with Gasteiger partial charge in [-0.15, -0.1) is 0 Å². The highest BCUT2D eigenvalue weighted by Gasteiger charge is 2.13. The number of anilines is 2. The predicted octanol–water partition coefficient (Wildman–Crippen LogP) is 5.89. The maximum absolute atomic E-state index is 13.0. The van der Waals surface area contributed by atoms with Gasteiger partial charge in [0.2, 0.25) is 0 Å². The summed E-state index contributed by atoms with van der Waals surface area (Å²) >= 11 is 0. The van der Waals surface area contributed by atoms with Gasteiger partial charge in [0.15, 0.2) is 0 Å². The van der Waals surface area contributed by atoms with E-state index >= 15 is 0 Å². The molecule has 0 aliphatic carbocycles. The van der Waals surface area contributed by atoms with Crippen molar-refractivity contribution in [1.82, 2.24) is 4.98 Å². The zero-order valence-corrected chi connectivity index (χ0v) is 16.2. The molecular formula is C26H19N3O. The number of fused-ring (bicyclic) bond motifs is 2. The molecule has 1 amide bonds. The molecule has 144 valence electrons. The number of benzene rings is 4. The SMILES string of the molecule is Nc1ccc(-c2cccc3cccc(NC(=O)c4ccc5ccccc5n4)c23)cc1. The van der Waals surface area contributed by atoms with E-state index in [-0.39, 0.29) is 5.91 Å². The summed E-state index contributed by atoms with van der Waals surface area (Å²) in [7, 11) is 0. The fourth-order valence-electron chi connectivity index (χ4n) is 3.73. The fourth-order valence-corrected chi connectivity index (χ4v) is 3.73. The number of nitrogens with zero attached hydrogens (tertiary/aromatic N) is 1. The molecule has 5 rings (SSSR count).